The average Bonchev–Trinajstić information content (AvgIpc) is 2.86. The molecule has 2 rings (SSSR count). The number of halogens is 2. The molecule has 1 aromatic heterocycles. The second-order valence-corrected chi connectivity index (χ2v) is 3.77. The highest BCUT2D eigenvalue weighted by molar-refractivity contribution is 5.66. The maximum Gasteiger partial charge on any atom is 0.183 e. The van der Waals surface area contributed by atoms with E-state index in [0.717, 1.165) is 6.07 Å². The van der Waals surface area contributed by atoms with Crippen molar-refractivity contribution in [2.24, 2.45) is 0 Å². The van der Waals surface area contributed by atoms with Gasteiger partial charge in [-0.3, -0.25) is 4.68 Å². The van der Waals surface area contributed by atoms with Crippen LogP contribution in [0, 0.1) is 11.6 Å². The maximum absolute atomic E-state index is 13.4. The van der Waals surface area contributed by atoms with Crippen LogP contribution in [0.4, 0.5) is 20.2 Å². The Morgan fingerprint density at radius 3 is 2.89 bits per heavy atom. The summed E-state index contributed by atoms with van der Waals surface area (Å²) in [4.78, 5) is 0. The van der Waals surface area contributed by atoms with Gasteiger partial charge in [-0.15, -0.1) is 5.10 Å². The van der Waals surface area contributed by atoms with Gasteiger partial charge in [-0.05, 0) is 18.6 Å². The topological polar surface area (TPSA) is 68.8 Å². The molecule has 96 valence electrons. The SMILES string of the molecule is Nc1ccc(F)c(F)c1NCCCn1ccnn1. The molecule has 0 spiro atoms. The molecular formula is C11H13F2N5. The van der Waals surface area contributed by atoms with Crippen molar-refractivity contribution in [2.45, 2.75) is 13.0 Å². The highest BCUT2D eigenvalue weighted by atomic mass is 19.2. The Kier molecular flexibility index (Phi) is 3.71. The van der Waals surface area contributed by atoms with Crippen LogP contribution in [0.5, 0.6) is 0 Å². The molecule has 2 aromatic rings. The average molecular weight is 253 g/mol. The molecule has 0 atom stereocenters. The van der Waals surface area contributed by atoms with Gasteiger partial charge in [0.1, 0.15) is 0 Å². The van der Waals surface area contributed by atoms with E-state index in [4.69, 9.17) is 5.73 Å². The molecule has 0 fully saturated rings. The summed E-state index contributed by atoms with van der Waals surface area (Å²) in [7, 11) is 0. The van der Waals surface area contributed by atoms with E-state index in [1.54, 1.807) is 17.1 Å². The predicted molar refractivity (Wildman–Crippen MR) is 63.9 cm³/mol. The van der Waals surface area contributed by atoms with Crippen molar-refractivity contribution >= 4 is 11.4 Å². The number of hydrogen-bond acceptors (Lipinski definition) is 4. The zero-order valence-corrected chi connectivity index (χ0v) is 9.61. The lowest BCUT2D eigenvalue weighted by Gasteiger charge is -2.10. The number of rotatable bonds is 5. The summed E-state index contributed by atoms with van der Waals surface area (Å²) in [5.41, 5.74) is 5.77. The van der Waals surface area contributed by atoms with Crippen LogP contribution in [0.15, 0.2) is 24.5 Å². The number of hydrogen-bond donors (Lipinski definition) is 2. The van der Waals surface area contributed by atoms with Crippen molar-refractivity contribution in [3.8, 4) is 0 Å². The van der Waals surface area contributed by atoms with E-state index < -0.39 is 11.6 Å². The fourth-order valence-electron chi connectivity index (χ4n) is 1.55. The zero-order valence-electron chi connectivity index (χ0n) is 9.61. The number of nitrogens with two attached hydrogens (primary N) is 1. The second kappa shape index (κ2) is 5.44. The third-order valence-corrected chi connectivity index (χ3v) is 2.46. The summed E-state index contributed by atoms with van der Waals surface area (Å²) in [6.45, 7) is 1.11. The van der Waals surface area contributed by atoms with Crippen molar-refractivity contribution in [1.29, 1.82) is 0 Å². The highest BCUT2D eigenvalue weighted by Crippen LogP contribution is 2.24. The second-order valence-electron chi connectivity index (χ2n) is 3.77. The Balaban J connectivity index is 1.88. The third-order valence-electron chi connectivity index (χ3n) is 2.46. The van der Waals surface area contributed by atoms with E-state index in [1.165, 1.54) is 6.07 Å². The first-order chi connectivity index (χ1) is 8.68. The Labute approximate surface area is 103 Å². The third kappa shape index (κ3) is 2.73. The smallest absolute Gasteiger partial charge is 0.183 e. The molecule has 0 saturated heterocycles. The van der Waals surface area contributed by atoms with Gasteiger partial charge >= 0.3 is 0 Å². The van der Waals surface area contributed by atoms with E-state index in [-0.39, 0.29) is 11.4 Å². The molecule has 7 heteroatoms. The quantitative estimate of drug-likeness (QED) is 0.628. The van der Waals surface area contributed by atoms with Crippen LogP contribution in [0.2, 0.25) is 0 Å². The van der Waals surface area contributed by atoms with Gasteiger partial charge in [0, 0.05) is 19.3 Å². The molecule has 0 radical (unpaired) electrons. The molecule has 3 N–H and O–H groups in total. The molecule has 0 aliphatic rings. The van der Waals surface area contributed by atoms with Crippen molar-refractivity contribution in [3.05, 3.63) is 36.2 Å². The minimum absolute atomic E-state index is 0.00795. The van der Waals surface area contributed by atoms with E-state index in [2.05, 4.69) is 15.6 Å². The number of anilines is 2. The Hall–Kier alpha value is -2.18. The van der Waals surface area contributed by atoms with Crippen molar-refractivity contribution in [3.63, 3.8) is 0 Å². The number of nitrogens with zero attached hydrogens (tertiary/aromatic N) is 3. The van der Waals surface area contributed by atoms with Crippen LogP contribution in [0.3, 0.4) is 0 Å². The fourth-order valence-corrected chi connectivity index (χ4v) is 1.55. The molecule has 0 unspecified atom stereocenters. The van der Waals surface area contributed by atoms with Gasteiger partial charge < -0.3 is 11.1 Å². The van der Waals surface area contributed by atoms with Crippen LogP contribution in [-0.2, 0) is 6.54 Å². The summed E-state index contributed by atoms with van der Waals surface area (Å²) >= 11 is 0. The highest BCUT2D eigenvalue weighted by Gasteiger charge is 2.10. The molecule has 0 aliphatic carbocycles. The number of aromatic nitrogens is 3. The first-order valence-corrected chi connectivity index (χ1v) is 5.50. The van der Waals surface area contributed by atoms with Gasteiger partial charge in [-0.1, -0.05) is 5.21 Å². The van der Waals surface area contributed by atoms with E-state index >= 15 is 0 Å². The van der Waals surface area contributed by atoms with Gasteiger partial charge in [0.15, 0.2) is 11.6 Å². The lowest BCUT2D eigenvalue weighted by Crippen LogP contribution is -2.10. The fraction of sp³-hybridized carbons (Fsp3) is 0.273. The lowest BCUT2D eigenvalue weighted by atomic mass is 10.2. The first-order valence-electron chi connectivity index (χ1n) is 5.50. The molecule has 0 saturated carbocycles. The van der Waals surface area contributed by atoms with Gasteiger partial charge in [0.2, 0.25) is 0 Å². The molecule has 1 heterocycles. The lowest BCUT2D eigenvalue weighted by molar-refractivity contribution is 0.510. The minimum Gasteiger partial charge on any atom is -0.397 e. The first kappa shape index (κ1) is 12.3. The summed E-state index contributed by atoms with van der Waals surface area (Å²) < 4.78 is 28.1. The summed E-state index contributed by atoms with van der Waals surface area (Å²) in [5.74, 6) is -1.86. The molecule has 18 heavy (non-hydrogen) atoms. The number of nitrogens with one attached hydrogen (secondary N) is 1. The van der Waals surface area contributed by atoms with Gasteiger partial charge in [0.25, 0.3) is 0 Å². The van der Waals surface area contributed by atoms with Crippen LogP contribution in [0.25, 0.3) is 0 Å². The Bertz CT molecular complexity index is 512. The van der Waals surface area contributed by atoms with E-state index in [1.807, 2.05) is 0 Å². The van der Waals surface area contributed by atoms with Crippen LogP contribution in [-0.4, -0.2) is 21.5 Å². The Morgan fingerprint density at radius 2 is 2.17 bits per heavy atom. The molecular weight excluding hydrogens is 240 g/mol. The van der Waals surface area contributed by atoms with Crippen LogP contribution >= 0.6 is 0 Å². The predicted octanol–water partition coefficient (Wildman–Crippen LogP) is 1.64. The molecule has 0 aliphatic heterocycles. The number of benzene rings is 1. The van der Waals surface area contributed by atoms with Gasteiger partial charge in [-0.25, -0.2) is 8.78 Å². The minimum atomic E-state index is -0.948. The summed E-state index contributed by atoms with van der Waals surface area (Å²) in [6, 6.07) is 2.34. The molecule has 0 bridgehead atoms. The standard InChI is InChI=1S/C11H13F2N5/c12-8-2-3-9(14)11(10(8)13)15-4-1-6-18-7-5-16-17-18/h2-3,5,7,15H,1,4,6,14H2. The van der Waals surface area contributed by atoms with Crippen LogP contribution in [0.1, 0.15) is 6.42 Å². The zero-order chi connectivity index (χ0) is 13.0. The van der Waals surface area contributed by atoms with E-state index in [9.17, 15) is 8.78 Å². The Morgan fingerprint density at radius 1 is 1.33 bits per heavy atom. The monoisotopic (exact) mass is 253 g/mol. The van der Waals surface area contributed by atoms with Gasteiger partial charge in [-0.2, -0.15) is 0 Å². The van der Waals surface area contributed by atoms with E-state index in [0.29, 0.717) is 19.5 Å². The van der Waals surface area contributed by atoms with Gasteiger partial charge in [0.05, 0.1) is 17.6 Å². The number of aryl methyl sites for hydroxylation is 1. The summed E-state index contributed by atoms with van der Waals surface area (Å²) in [5, 5.41) is 10.2. The maximum atomic E-state index is 13.4. The largest absolute Gasteiger partial charge is 0.397 e. The molecule has 1 aromatic carbocycles. The molecule has 0 amide bonds. The van der Waals surface area contributed by atoms with Crippen molar-refractivity contribution in [1.82, 2.24) is 15.0 Å². The van der Waals surface area contributed by atoms with Crippen molar-refractivity contribution < 1.29 is 8.78 Å². The molecule has 5 nitrogen and oxygen atoms in total. The normalized spacial score (nSPS) is 10.6. The number of nitrogen functional groups attached to an aromatic ring is 1. The van der Waals surface area contributed by atoms with Crippen LogP contribution < -0.4 is 11.1 Å². The summed E-state index contributed by atoms with van der Waals surface area (Å²) in [6.07, 6.45) is 4.01. The van der Waals surface area contributed by atoms with Crippen molar-refractivity contribution in [2.75, 3.05) is 17.6 Å².